The van der Waals surface area contributed by atoms with Crippen LogP contribution in [-0.4, -0.2) is 62.8 Å². The molecule has 27 heavy (non-hydrogen) atoms. The highest BCUT2D eigenvalue weighted by Crippen LogP contribution is 2.30. The third-order valence-electron chi connectivity index (χ3n) is 5.63. The second-order valence-electron chi connectivity index (χ2n) is 7.26. The van der Waals surface area contributed by atoms with E-state index in [1.54, 1.807) is 7.05 Å². The lowest BCUT2D eigenvalue weighted by Crippen LogP contribution is -2.58. The molecular weight excluding hydrogens is 458 g/mol. The maximum Gasteiger partial charge on any atom is 0.191 e. The van der Waals surface area contributed by atoms with E-state index in [-0.39, 0.29) is 35.3 Å². The molecule has 2 aliphatic heterocycles. The SMILES string of the molecule is CN=C(NCCc1ccc(F)cc1)NCC1(N2CCCC2)CCOCC1.I. The molecule has 0 bridgehead atoms. The minimum atomic E-state index is -0.192. The summed E-state index contributed by atoms with van der Waals surface area (Å²) in [4.78, 5) is 7.01. The number of likely N-dealkylation sites (tertiary alicyclic amines) is 1. The quantitative estimate of drug-likeness (QED) is 0.366. The van der Waals surface area contributed by atoms with Crippen LogP contribution in [-0.2, 0) is 11.2 Å². The lowest BCUT2D eigenvalue weighted by atomic mass is 9.88. The molecular formula is C20H32FIN4O. The van der Waals surface area contributed by atoms with Crippen LogP contribution < -0.4 is 10.6 Å². The molecule has 0 saturated carbocycles. The van der Waals surface area contributed by atoms with Gasteiger partial charge in [-0.05, 0) is 62.9 Å². The van der Waals surface area contributed by atoms with Gasteiger partial charge in [-0.3, -0.25) is 9.89 Å². The van der Waals surface area contributed by atoms with E-state index in [1.807, 2.05) is 12.1 Å². The van der Waals surface area contributed by atoms with Gasteiger partial charge < -0.3 is 15.4 Å². The van der Waals surface area contributed by atoms with Gasteiger partial charge in [-0.15, -0.1) is 24.0 Å². The minimum Gasteiger partial charge on any atom is -0.381 e. The molecule has 0 aliphatic carbocycles. The highest BCUT2D eigenvalue weighted by atomic mass is 127. The van der Waals surface area contributed by atoms with Crippen molar-refractivity contribution in [2.24, 2.45) is 4.99 Å². The van der Waals surface area contributed by atoms with Gasteiger partial charge >= 0.3 is 0 Å². The first-order chi connectivity index (χ1) is 12.7. The highest BCUT2D eigenvalue weighted by molar-refractivity contribution is 14.0. The largest absolute Gasteiger partial charge is 0.381 e. The lowest BCUT2D eigenvalue weighted by Gasteiger charge is -2.45. The number of guanidine groups is 1. The summed E-state index contributed by atoms with van der Waals surface area (Å²) in [6.45, 7) is 5.73. The van der Waals surface area contributed by atoms with Crippen molar-refractivity contribution in [3.63, 3.8) is 0 Å². The average Bonchev–Trinajstić information content (AvgIpc) is 3.22. The van der Waals surface area contributed by atoms with Crippen LogP contribution in [0.25, 0.3) is 0 Å². The van der Waals surface area contributed by atoms with Gasteiger partial charge in [0, 0.05) is 38.9 Å². The zero-order valence-electron chi connectivity index (χ0n) is 16.2. The second-order valence-corrected chi connectivity index (χ2v) is 7.26. The molecule has 2 aliphatic rings. The third kappa shape index (κ3) is 6.29. The summed E-state index contributed by atoms with van der Waals surface area (Å²) < 4.78 is 18.6. The molecule has 0 spiro atoms. The number of ether oxygens (including phenoxy) is 1. The van der Waals surface area contributed by atoms with Crippen molar-refractivity contribution in [3.8, 4) is 0 Å². The number of benzene rings is 1. The third-order valence-corrected chi connectivity index (χ3v) is 5.63. The first-order valence-corrected chi connectivity index (χ1v) is 9.74. The van der Waals surface area contributed by atoms with Crippen LogP contribution >= 0.6 is 24.0 Å². The Morgan fingerprint density at radius 3 is 2.44 bits per heavy atom. The molecule has 2 saturated heterocycles. The summed E-state index contributed by atoms with van der Waals surface area (Å²) in [6, 6.07) is 6.68. The van der Waals surface area contributed by atoms with Gasteiger partial charge in [0.05, 0.1) is 0 Å². The van der Waals surface area contributed by atoms with Gasteiger partial charge in [-0.1, -0.05) is 12.1 Å². The van der Waals surface area contributed by atoms with Crippen molar-refractivity contribution < 1.29 is 9.13 Å². The van der Waals surface area contributed by atoms with Gasteiger partial charge in [0.15, 0.2) is 5.96 Å². The molecule has 0 unspecified atom stereocenters. The minimum absolute atomic E-state index is 0. The summed E-state index contributed by atoms with van der Waals surface area (Å²) in [7, 11) is 1.81. The molecule has 7 heteroatoms. The van der Waals surface area contributed by atoms with Gasteiger partial charge in [0.2, 0.25) is 0 Å². The second kappa shape index (κ2) is 11.2. The molecule has 5 nitrogen and oxygen atoms in total. The van der Waals surface area contributed by atoms with Gasteiger partial charge in [-0.2, -0.15) is 0 Å². The number of halogens is 2. The van der Waals surface area contributed by atoms with Crippen molar-refractivity contribution in [2.75, 3.05) is 46.4 Å². The van der Waals surface area contributed by atoms with Crippen molar-refractivity contribution in [1.82, 2.24) is 15.5 Å². The molecule has 0 amide bonds. The van der Waals surface area contributed by atoms with Crippen molar-refractivity contribution >= 4 is 29.9 Å². The molecule has 1 aromatic rings. The van der Waals surface area contributed by atoms with Crippen molar-refractivity contribution in [2.45, 2.75) is 37.6 Å². The standard InChI is InChI=1S/C20H31FN4O.HI/c1-22-19(23-11-8-17-4-6-18(21)7-5-17)24-16-20(9-14-26-15-10-20)25-12-2-3-13-25;/h4-7H,2-3,8-16H2,1H3,(H2,22,23,24);1H. The molecule has 0 atom stereocenters. The molecule has 0 radical (unpaired) electrons. The Hall–Kier alpha value is -0.930. The topological polar surface area (TPSA) is 48.9 Å². The van der Waals surface area contributed by atoms with E-state index in [1.165, 1.54) is 38.1 Å². The normalized spacial score (nSPS) is 20.1. The van der Waals surface area contributed by atoms with E-state index in [2.05, 4.69) is 20.5 Å². The lowest BCUT2D eigenvalue weighted by molar-refractivity contribution is -0.0164. The fourth-order valence-electron chi connectivity index (χ4n) is 3.99. The smallest absolute Gasteiger partial charge is 0.191 e. The zero-order chi connectivity index (χ0) is 18.2. The van der Waals surface area contributed by atoms with Crippen LogP contribution in [0.2, 0.25) is 0 Å². The van der Waals surface area contributed by atoms with E-state index >= 15 is 0 Å². The molecule has 152 valence electrons. The van der Waals surface area contributed by atoms with Crippen LogP contribution in [0.15, 0.2) is 29.3 Å². The molecule has 2 N–H and O–H groups in total. The number of hydrogen-bond acceptors (Lipinski definition) is 3. The van der Waals surface area contributed by atoms with Gasteiger partial charge in [0.25, 0.3) is 0 Å². The summed E-state index contributed by atoms with van der Waals surface area (Å²) in [5, 5.41) is 6.91. The van der Waals surface area contributed by atoms with Crippen molar-refractivity contribution in [1.29, 1.82) is 0 Å². The monoisotopic (exact) mass is 490 g/mol. The maximum atomic E-state index is 13.0. The predicted molar refractivity (Wildman–Crippen MR) is 118 cm³/mol. The van der Waals surface area contributed by atoms with Crippen molar-refractivity contribution in [3.05, 3.63) is 35.6 Å². The van der Waals surface area contributed by atoms with E-state index in [4.69, 9.17) is 4.74 Å². The Balaban J connectivity index is 0.00000261. The Bertz CT molecular complexity index is 584. The molecule has 0 aromatic heterocycles. The van der Waals surface area contributed by atoms with Gasteiger partial charge in [0.1, 0.15) is 5.82 Å². The van der Waals surface area contributed by atoms with E-state index < -0.39 is 0 Å². The maximum absolute atomic E-state index is 13.0. The van der Waals surface area contributed by atoms with Crippen LogP contribution in [0, 0.1) is 5.82 Å². The summed E-state index contributed by atoms with van der Waals surface area (Å²) in [6.07, 6.45) is 5.59. The summed E-state index contributed by atoms with van der Waals surface area (Å²) in [5.74, 6) is 0.639. The zero-order valence-corrected chi connectivity index (χ0v) is 18.5. The van der Waals surface area contributed by atoms with Crippen LogP contribution in [0.4, 0.5) is 4.39 Å². The number of aliphatic imine (C=N–C) groups is 1. The predicted octanol–water partition coefficient (Wildman–Crippen LogP) is 2.80. The Morgan fingerprint density at radius 1 is 1.15 bits per heavy atom. The first-order valence-electron chi connectivity index (χ1n) is 9.74. The first kappa shape index (κ1) is 22.4. The fourth-order valence-corrected chi connectivity index (χ4v) is 3.99. The Kier molecular flexibility index (Phi) is 9.25. The fraction of sp³-hybridized carbons (Fsp3) is 0.650. The molecule has 3 rings (SSSR count). The Morgan fingerprint density at radius 2 is 1.81 bits per heavy atom. The van der Waals surface area contributed by atoms with Crippen LogP contribution in [0.5, 0.6) is 0 Å². The Labute approximate surface area is 179 Å². The van der Waals surface area contributed by atoms with E-state index in [0.29, 0.717) is 0 Å². The average molecular weight is 490 g/mol. The highest BCUT2D eigenvalue weighted by Gasteiger charge is 2.39. The summed E-state index contributed by atoms with van der Waals surface area (Å²) >= 11 is 0. The number of nitrogens with one attached hydrogen (secondary N) is 2. The van der Waals surface area contributed by atoms with Crippen LogP contribution in [0.3, 0.4) is 0 Å². The van der Waals surface area contributed by atoms with Gasteiger partial charge in [-0.25, -0.2) is 4.39 Å². The summed E-state index contributed by atoms with van der Waals surface area (Å²) in [5.41, 5.74) is 1.30. The van der Waals surface area contributed by atoms with Crippen LogP contribution in [0.1, 0.15) is 31.2 Å². The van der Waals surface area contributed by atoms with E-state index in [0.717, 1.165) is 57.1 Å². The molecule has 2 heterocycles. The number of hydrogen-bond donors (Lipinski definition) is 2. The molecule has 2 fully saturated rings. The molecule has 1 aromatic carbocycles. The van der Waals surface area contributed by atoms with E-state index in [9.17, 15) is 4.39 Å². The number of nitrogens with zero attached hydrogens (tertiary/aromatic N) is 2. The number of rotatable bonds is 6.